The molecular weight excluding hydrogens is 319 g/mol. The van der Waals surface area contributed by atoms with E-state index in [-0.39, 0.29) is 22.2 Å². The highest BCUT2D eigenvalue weighted by molar-refractivity contribution is 6.42. The zero-order valence-corrected chi connectivity index (χ0v) is 12.9. The third-order valence-electron chi connectivity index (χ3n) is 2.81. The topological polar surface area (TPSA) is 26.3 Å². The normalized spacial score (nSPS) is 10.4. The van der Waals surface area contributed by atoms with Crippen LogP contribution >= 0.6 is 34.8 Å². The Balaban J connectivity index is 2.23. The molecule has 0 aromatic heterocycles. The van der Waals surface area contributed by atoms with Gasteiger partial charge in [0.1, 0.15) is 5.75 Å². The minimum Gasteiger partial charge on any atom is -0.497 e. The minimum absolute atomic E-state index is 0.151. The van der Waals surface area contributed by atoms with Crippen LogP contribution in [-0.4, -0.2) is 12.9 Å². The van der Waals surface area contributed by atoms with Crippen LogP contribution in [0.15, 0.2) is 36.4 Å². The summed E-state index contributed by atoms with van der Waals surface area (Å²) in [6, 6.07) is 10.3. The first-order chi connectivity index (χ1) is 9.51. The second-order valence-corrected chi connectivity index (χ2v) is 5.44. The number of rotatable bonds is 4. The summed E-state index contributed by atoms with van der Waals surface area (Å²) in [5.41, 5.74) is 1.16. The predicted molar refractivity (Wildman–Crippen MR) is 82.5 cm³/mol. The number of benzene rings is 2. The van der Waals surface area contributed by atoms with E-state index in [2.05, 4.69) is 0 Å². The number of ether oxygens (including phenoxy) is 1. The van der Waals surface area contributed by atoms with Gasteiger partial charge in [-0.3, -0.25) is 4.79 Å². The number of Topliss-reactive ketones (excluding diaryl/α,β-unsaturated/α-hetero) is 1. The molecule has 20 heavy (non-hydrogen) atoms. The van der Waals surface area contributed by atoms with E-state index in [1.54, 1.807) is 19.2 Å². The van der Waals surface area contributed by atoms with Gasteiger partial charge in [-0.25, -0.2) is 0 Å². The quantitative estimate of drug-likeness (QED) is 0.731. The minimum atomic E-state index is -0.151. The highest BCUT2D eigenvalue weighted by Crippen LogP contribution is 2.30. The van der Waals surface area contributed by atoms with Crippen molar-refractivity contribution in [1.29, 1.82) is 0 Å². The maximum atomic E-state index is 12.3. The standard InChI is InChI=1S/C15H11Cl3O2/c1-20-11-4-2-9(3-5-11)6-14(19)15-12(17)7-10(16)8-13(15)18/h2-5,7-8H,6H2,1H3. The Morgan fingerprint density at radius 3 is 2.10 bits per heavy atom. The van der Waals surface area contributed by atoms with Gasteiger partial charge in [-0.05, 0) is 29.8 Å². The van der Waals surface area contributed by atoms with Gasteiger partial charge in [0, 0.05) is 11.4 Å². The first kappa shape index (κ1) is 15.2. The van der Waals surface area contributed by atoms with Gasteiger partial charge in [0.15, 0.2) is 5.78 Å². The van der Waals surface area contributed by atoms with E-state index in [0.717, 1.165) is 11.3 Å². The lowest BCUT2D eigenvalue weighted by molar-refractivity contribution is 0.0993. The van der Waals surface area contributed by atoms with E-state index in [1.165, 1.54) is 12.1 Å². The van der Waals surface area contributed by atoms with Gasteiger partial charge in [0.25, 0.3) is 0 Å². The molecule has 0 saturated heterocycles. The molecule has 2 rings (SSSR count). The molecule has 0 saturated carbocycles. The number of carbonyl (C=O) groups is 1. The molecule has 0 aliphatic heterocycles. The monoisotopic (exact) mass is 328 g/mol. The summed E-state index contributed by atoms with van der Waals surface area (Å²) in [7, 11) is 1.59. The highest BCUT2D eigenvalue weighted by Gasteiger charge is 2.16. The average molecular weight is 330 g/mol. The molecule has 104 valence electrons. The Kier molecular flexibility index (Phi) is 4.92. The smallest absolute Gasteiger partial charge is 0.170 e. The van der Waals surface area contributed by atoms with Crippen molar-refractivity contribution < 1.29 is 9.53 Å². The molecule has 2 aromatic carbocycles. The number of carbonyl (C=O) groups excluding carboxylic acids is 1. The lowest BCUT2D eigenvalue weighted by Crippen LogP contribution is -2.05. The van der Waals surface area contributed by atoms with Crippen molar-refractivity contribution in [2.45, 2.75) is 6.42 Å². The fraction of sp³-hybridized carbons (Fsp3) is 0.133. The van der Waals surface area contributed by atoms with E-state index in [1.807, 2.05) is 12.1 Å². The first-order valence-corrected chi connectivity index (χ1v) is 6.95. The maximum Gasteiger partial charge on any atom is 0.170 e. The molecule has 0 fully saturated rings. The summed E-state index contributed by atoms with van der Waals surface area (Å²) in [6.07, 6.45) is 0.213. The fourth-order valence-electron chi connectivity index (χ4n) is 1.83. The van der Waals surface area contributed by atoms with E-state index in [4.69, 9.17) is 39.5 Å². The zero-order chi connectivity index (χ0) is 14.7. The molecule has 0 unspecified atom stereocenters. The fourth-order valence-corrected chi connectivity index (χ4v) is 2.85. The largest absolute Gasteiger partial charge is 0.497 e. The van der Waals surface area contributed by atoms with Crippen LogP contribution in [0, 0.1) is 0 Å². The van der Waals surface area contributed by atoms with Crippen molar-refractivity contribution in [2.75, 3.05) is 7.11 Å². The molecule has 0 bridgehead atoms. The summed E-state index contributed by atoms with van der Waals surface area (Å²) in [4.78, 5) is 12.3. The Labute approximate surface area is 132 Å². The molecule has 0 atom stereocenters. The van der Waals surface area contributed by atoms with Crippen LogP contribution in [0.4, 0.5) is 0 Å². The lowest BCUT2D eigenvalue weighted by atomic mass is 10.0. The summed E-state index contributed by atoms with van der Waals surface area (Å²) in [5, 5.41) is 0.933. The van der Waals surface area contributed by atoms with Gasteiger partial charge in [-0.1, -0.05) is 46.9 Å². The third-order valence-corrected chi connectivity index (χ3v) is 3.62. The van der Waals surface area contributed by atoms with Crippen molar-refractivity contribution in [3.8, 4) is 5.75 Å². The Hall–Kier alpha value is -1.22. The molecule has 5 heteroatoms. The van der Waals surface area contributed by atoms with Crippen molar-refractivity contribution in [3.63, 3.8) is 0 Å². The van der Waals surface area contributed by atoms with Crippen molar-refractivity contribution in [1.82, 2.24) is 0 Å². The van der Waals surface area contributed by atoms with Crippen LogP contribution in [0.1, 0.15) is 15.9 Å². The van der Waals surface area contributed by atoms with Crippen LogP contribution < -0.4 is 4.74 Å². The zero-order valence-electron chi connectivity index (χ0n) is 10.6. The van der Waals surface area contributed by atoms with Crippen molar-refractivity contribution in [2.24, 2.45) is 0 Å². The van der Waals surface area contributed by atoms with Crippen LogP contribution in [0.25, 0.3) is 0 Å². The molecule has 0 aliphatic rings. The molecule has 0 radical (unpaired) electrons. The van der Waals surface area contributed by atoms with Crippen LogP contribution in [0.2, 0.25) is 15.1 Å². The number of ketones is 1. The van der Waals surface area contributed by atoms with Gasteiger partial charge in [0.05, 0.1) is 22.7 Å². The SMILES string of the molecule is COc1ccc(CC(=O)c2c(Cl)cc(Cl)cc2Cl)cc1. The van der Waals surface area contributed by atoms with E-state index < -0.39 is 0 Å². The van der Waals surface area contributed by atoms with Gasteiger partial charge in [-0.2, -0.15) is 0 Å². The number of hydrogen-bond acceptors (Lipinski definition) is 2. The second kappa shape index (κ2) is 6.49. The Morgan fingerprint density at radius 1 is 1.05 bits per heavy atom. The van der Waals surface area contributed by atoms with Crippen molar-refractivity contribution in [3.05, 3.63) is 62.6 Å². The average Bonchev–Trinajstić information content (AvgIpc) is 2.38. The van der Waals surface area contributed by atoms with E-state index in [9.17, 15) is 4.79 Å². The Morgan fingerprint density at radius 2 is 1.60 bits per heavy atom. The van der Waals surface area contributed by atoms with E-state index in [0.29, 0.717) is 10.6 Å². The highest BCUT2D eigenvalue weighted by atomic mass is 35.5. The molecule has 2 aromatic rings. The Bertz CT molecular complexity index is 613. The third kappa shape index (κ3) is 3.45. The number of methoxy groups -OCH3 is 1. The van der Waals surface area contributed by atoms with Gasteiger partial charge < -0.3 is 4.74 Å². The predicted octanol–water partition coefficient (Wildman–Crippen LogP) is 5.08. The van der Waals surface area contributed by atoms with Crippen molar-refractivity contribution >= 4 is 40.6 Å². The lowest BCUT2D eigenvalue weighted by Gasteiger charge is -2.07. The summed E-state index contributed by atoms with van der Waals surface area (Å²) >= 11 is 17.9. The molecule has 0 heterocycles. The van der Waals surface area contributed by atoms with Crippen LogP contribution in [-0.2, 0) is 6.42 Å². The van der Waals surface area contributed by atoms with Crippen LogP contribution in [0.3, 0.4) is 0 Å². The summed E-state index contributed by atoms with van der Waals surface area (Å²) < 4.78 is 5.07. The molecule has 0 amide bonds. The van der Waals surface area contributed by atoms with E-state index >= 15 is 0 Å². The van der Waals surface area contributed by atoms with Gasteiger partial charge >= 0.3 is 0 Å². The second-order valence-electron chi connectivity index (χ2n) is 4.19. The molecule has 0 N–H and O–H groups in total. The summed E-state index contributed by atoms with van der Waals surface area (Å²) in [6.45, 7) is 0. The maximum absolute atomic E-state index is 12.3. The summed E-state index contributed by atoms with van der Waals surface area (Å²) in [5.74, 6) is 0.589. The van der Waals surface area contributed by atoms with Crippen LogP contribution in [0.5, 0.6) is 5.75 Å². The first-order valence-electron chi connectivity index (χ1n) is 5.82. The van der Waals surface area contributed by atoms with Gasteiger partial charge in [0.2, 0.25) is 0 Å². The number of halogens is 3. The molecule has 0 aliphatic carbocycles. The number of hydrogen-bond donors (Lipinski definition) is 0. The van der Waals surface area contributed by atoms with Gasteiger partial charge in [-0.15, -0.1) is 0 Å². The molecule has 0 spiro atoms. The molecule has 2 nitrogen and oxygen atoms in total. The molecular formula is C15H11Cl3O2.